The summed E-state index contributed by atoms with van der Waals surface area (Å²) in [5.41, 5.74) is 1.35. The molecule has 0 spiro atoms. The molecule has 1 heterocycles. The molecule has 0 radical (unpaired) electrons. The maximum absolute atomic E-state index is 10.7. The average Bonchev–Trinajstić information content (AvgIpc) is 2.45. The van der Waals surface area contributed by atoms with Crippen molar-refractivity contribution in [2.75, 3.05) is 26.2 Å². The van der Waals surface area contributed by atoms with Crippen LogP contribution in [0.5, 0.6) is 0 Å². The number of rotatable bonds is 5. The molecule has 0 saturated carbocycles. The molecule has 1 saturated heterocycles. The second-order valence-corrected chi connectivity index (χ2v) is 5.78. The highest BCUT2D eigenvalue weighted by Crippen LogP contribution is 2.29. The molecule has 2 rings (SSSR count). The monoisotopic (exact) mass is 349 g/mol. The highest BCUT2D eigenvalue weighted by molar-refractivity contribution is 5.85. The number of hydrogen-bond acceptors (Lipinski definition) is 4. The van der Waals surface area contributed by atoms with Gasteiger partial charge in [0, 0.05) is 44.4 Å². The molecule has 1 N–H and O–H groups in total. The van der Waals surface area contributed by atoms with Gasteiger partial charge in [0.1, 0.15) is 0 Å². The van der Waals surface area contributed by atoms with Gasteiger partial charge in [0.25, 0.3) is 5.69 Å². The molecule has 5 nitrogen and oxygen atoms in total. The molecule has 1 aliphatic heterocycles. The zero-order valence-electron chi connectivity index (χ0n) is 13.0. The molecule has 0 amide bonds. The summed E-state index contributed by atoms with van der Waals surface area (Å²) in [5, 5.41) is 14.1. The van der Waals surface area contributed by atoms with E-state index >= 15 is 0 Å². The topological polar surface area (TPSA) is 58.4 Å². The first-order valence-electron chi connectivity index (χ1n) is 7.27. The second-order valence-electron chi connectivity index (χ2n) is 5.78. The molecule has 0 aromatic heterocycles. The maximum atomic E-state index is 10.7. The number of hydrogen-bond donors (Lipinski definition) is 1. The molecule has 7 heteroatoms. The summed E-state index contributed by atoms with van der Waals surface area (Å²) in [7, 11) is 0. The zero-order chi connectivity index (χ0) is 14.5. The van der Waals surface area contributed by atoms with Gasteiger partial charge in [-0.3, -0.25) is 15.0 Å². The van der Waals surface area contributed by atoms with Gasteiger partial charge in [0.05, 0.1) is 4.92 Å². The third-order valence-electron chi connectivity index (χ3n) is 3.78. The van der Waals surface area contributed by atoms with Crippen LogP contribution in [0.25, 0.3) is 0 Å². The summed E-state index contributed by atoms with van der Waals surface area (Å²) in [6.07, 6.45) is 1.08. The van der Waals surface area contributed by atoms with Crippen LogP contribution in [0.3, 0.4) is 0 Å². The van der Waals surface area contributed by atoms with Crippen LogP contribution in [0.4, 0.5) is 5.69 Å². The van der Waals surface area contributed by atoms with Crippen molar-refractivity contribution in [2.24, 2.45) is 5.92 Å². The molecule has 0 unspecified atom stereocenters. The molecule has 1 aromatic carbocycles. The van der Waals surface area contributed by atoms with Crippen molar-refractivity contribution in [3.05, 3.63) is 39.9 Å². The minimum Gasteiger partial charge on any atom is -0.314 e. The molecule has 1 aliphatic rings. The summed E-state index contributed by atoms with van der Waals surface area (Å²) in [4.78, 5) is 12.9. The Balaban J connectivity index is 0.00000220. The van der Waals surface area contributed by atoms with Crippen LogP contribution in [-0.2, 0) is 0 Å². The number of nitrogens with zero attached hydrogens (tertiary/aromatic N) is 2. The van der Waals surface area contributed by atoms with E-state index in [2.05, 4.69) is 24.1 Å². The van der Waals surface area contributed by atoms with Crippen molar-refractivity contribution in [3.63, 3.8) is 0 Å². The van der Waals surface area contributed by atoms with E-state index in [0.717, 1.165) is 32.6 Å². The Kier molecular flexibility index (Phi) is 9.60. The van der Waals surface area contributed by atoms with Gasteiger partial charge in [-0.15, -0.1) is 24.8 Å². The van der Waals surface area contributed by atoms with Crippen LogP contribution < -0.4 is 5.32 Å². The van der Waals surface area contributed by atoms with Crippen LogP contribution in [0.1, 0.15) is 31.9 Å². The summed E-state index contributed by atoms with van der Waals surface area (Å²) >= 11 is 0. The fraction of sp³-hybridized carbons (Fsp3) is 0.600. The van der Waals surface area contributed by atoms with Crippen molar-refractivity contribution in [1.29, 1.82) is 0 Å². The van der Waals surface area contributed by atoms with Crippen LogP contribution in [-0.4, -0.2) is 36.0 Å². The van der Waals surface area contributed by atoms with Gasteiger partial charge < -0.3 is 5.32 Å². The second kappa shape index (κ2) is 10.0. The van der Waals surface area contributed by atoms with Gasteiger partial charge in [-0.1, -0.05) is 26.0 Å². The highest BCUT2D eigenvalue weighted by Gasteiger charge is 2.23. The molecular weight excluding hydrogens is 325 g/mol. The van der Waals surface area contributed by atoms with Crippen molar-refractivity contribution in [1.82, 2.24) is 10.2 Å². The molecule has 1 aromatic rings. The quantitative estimate of drug-likeness (QED) is 0.653. The third-order valence-corrected chi connectivity index (χ3v) is 3.78. The first-order chi connectivity index (χ1) is 9.58. The van der Waals surface area contributed by atoms with Crippen molar-refractivity contribution in [2.45, 2.75) is 26.3 Å². The van der Waals surface area contributed by atoms with Crippen LogP contribution in [0, 0.1) is 16.0 Å². The molecule has 0 bridgehead atoms. The number of nitro groups is 1. The average molecular weight is 350 g/mol. The molecular formula is C15H25Cl2N3O2. The standard InChI is InChI=1S/C15H23N3O2.2ClH/c1-12(2)11-15(17-9-7-16-8-10-17)13-3-5-14(6-4-13)18(19)20;;/h3-6,12,15-16H,7-11H2,1-2H3;2*1H/t15-;;/m1../s1. The van der Waals surface area contributed by atoms with E-state index in [4.69, 9.17) is 0 Å². The number of non-ortho nitro benzene ring substituents is 1. The van der Waals surface area contributed by atoms with Gasteiger partial charge in [-0.05, 0) is 17.9 Å². The Morgan fingerprint density at radius 2 is 1.73 bits per heavy atom. The lowest BCUT2D eigenvalue weighted by Gasteiger charge is -2.36. The first kappa shape index (κ1) is 21.1. The van der Waals surface area contributed by atoms with E-state index in [1.54, 1.807) is 12.1 Å². The van der Waals surface area contributed by atoms with Gasteiger partial charge in [-0.2, -0.15) is 0 Å². The third kappa shape index (κ3) is 5.72. The van der Waals surface area contributed by atoms with E-state index < -0.39 is 0 Å². The maximum Gasteiger partial charge on any atom is 0.269 e. The van der Waals surface area contributed by atoms with E-state index in [9.17, 15) is 10.1 Å². The molecule has 22 heavy (non-hydrogen) atoms. The summed E-state index contributed by atoms with van der Waals surface area (Å²) in [6, 6.07) is 7.41. The molecule has 1 atom stereocenters. The lowest BCUT2D eigenvalue weighted by atomic mass is 9.95. The van der Waals surface area contributed by atoms with Gasteiger partial charge >= 0.3 is 0 Å². The minimum absolute atomic E-state index is 0. The molecule has 0 aliphatic carbocycles. The molecule has 126 valence electrons. The Hall–Kier alpha value is -0.880. The summed E-state index contributed by atoms with van der Waals surface area (Å²) < 4.78 is 0. The number of nitrogens with one attached hydrogen (secondary N) is 1. The predicted octanol–water partition coefficient (Wildman–Crippen LogP) is 3.43. The highest BCUT2D eigenvalue weighted by atomic mass is 35.5. The van der Waals surface area contributed by atoms with Gasteiger partial charge in [-0.25, -0.2) is 0 Å². The fourth-order valence-electron chi connectivity index (χ4n) is 2.75. The first-order valence-corrected chi connectivity index (χ1v) is 7.27. The zero-order valence-corrected chi connectivity index (χ0v) is 14.7. The smallest absolute Gasteiger partial charge is 0.269 e. The Morgan fingerprint density at radius 3 is 2.18 bits per heavy atom. The summed E-state index contributed by atoms with van der Waals surface area (Å²) in [6.45, 7) is 8.55. The lowest BCUT2D eigenvalue weighted by molar-refractivity contribution is -0.384. The fourth-order valence-corrected chi connectivity index (χ4v) is 2.75. The number of nitro benzene ring substituents is 1. The Bertz CT molecular complexity index is 449. The molecule has 1 fully saturated rings. The summed E-state index contributed by atoms with van der Waals surface area (Å²) in [5.74, 6) is 0.602. The van der Waals surface area contributed by atoms with Crippen LogP contribution >= 0.6 is 24.8 Å². The normalized spacial score (nSPS) is 16.5. The largest absolute Gasteiger partial charge is 0.314 e. The van der Waals surface area contributed by atoms with Crippen molar-refractivity contribution in [3.8, 4) is 0 Å². The lowest BCUT2D eigenvalue weighted by Crippen LogP contribution is -2.45. The Morgan fingerprint density at radius 1 is 1.18 bits per heavy atom. The SMILES string of the molecule is CC(C)C[C@H](c1ccc([N+](=O)[O-])cc1)N1CCNCC1.Cl.Cl. The van der Waals surface area contributed by atoms with Crippen molar-refractivity contribution < 1.29 is 4.92 Å². The van der Waals surface area contributed by atoms with E-state index in [0.29, 0.717) is 12.0 Å². The van der Waals surface area contributed by atoms with Crippen LogP contribution in [0.2, 0.25) is 0 Å². The van der Waals surface area contributed by atoms with E-state index in [1.807, 2.05) is 12.1 Å². The minimum atomic E-state index is -0.341. The van der Waals surface area contributed by atoms with Gasteiger partial charge in [0.2, 0.25) is 0 Å². The number of benzene rings is 1. The van der Waals surface area contributed by atoms with Gasteiger partial charge in [0.15, 0.2) is 0 Å². The Labute approximate surface area is 144 Å². The van der Waals surface area contributed by atoms with E-state index in [1.165, 1.54) is 5.56 Å². The predicted molar refractivity (Wildman–Crippen MR) is 94.2 cm³/mol. The van der Waals surface area contributed by atoms with Crippen LogP contribution in [0.15, 0.2) is 24.3 Å². The number of piperazine rings is 1. The van der Waals surface area contributed by atoms with Crippen molar-refractivity contribution >= 4 is 30.5 Å². The number of halogens is 2. The van der Waals surface area contributed by atoms with E-state index in [-0.39, 0.29) is 35.4 Å².